The number of phenolic OH excluding ortho intramolecular Hbond substituents is 1. The summed E-state index contributed by atoms with van der Waals surface area (Å²) in [6.07, 6.45) is 0. The van der Waals surface area contributed by atoms with Crippen LogP contribution >= 0.6 is 11.3 Å². The third kappa shape index (κ3) is 5.57. The Morgan fingerprint density at radius 3 is 1.86 bits per heavy atom. The molecule has 0 aliphatic carbocycles. The van der Waals surface area contributed by atoms with Crippen molar-refractivity contribution in [2.24, 2.45) is 0 Å². The maximum Gasteiger partial charge on any atom is 0.167 e. The fraction of sp³-hybridized carbons (Fsp3) is 0.0192. The molecular formula is C52H34N4OS. The van der Waals surface area contributed by atoms with Gasteiger partial charge in [0.05, 0.1) is 16.6 Å². The van der Waals surface area contributed by atoms with Gasteiger partial charge in [0.1, 0.15) is 5.75 Å². The maximum absolute atomic E-state index is 11.8. The van der Waals surface area contributed by atoms with Gasteiger partial charge in [-0.25, -0.2) is 15.0 Å². The van der Waals surface area contributed by atoms with Gasteiger partial charge in [-0.3, -0.25) is 0 Å². The predicted molar refractivity (Wildman–Crippen MR) is 241 cm³/mol. The van der Waals surface area contributed by atoms with Crippen molar-refractivity contribution in [1.29, 1.82) is 0 Å². The van der Waals surface area contributed by atoms with E-state index in [1.165, 1.54) is 26.5 Å². The van der Waals surface area contributed by atoms with Crippen molar-refractivity contribution in [3.8, 4) is 67.9 Å². The van der Waals surface area contributed by atoms with Gasteiger partial charge in [-0.15, -0.1) is 11.3 Å². The molecule has 0 bridgehead atoms. The Hall–Kier alpha value is -7.41. The maximum atomic E-state index is 11.8. The van der Waals surface area contributed by atoms with Crippen molar-refractivity contribution >= 4 is 53.3 Å². The highest BCUT2D eigenvalue weighted by Crippen LogP contribution is 2.43. The summed E-state index contributed by atoms with van der Waals surface area (Å²) in [5.41, 5.74) is 10.9. The smallest absolute Gasteiger partial charge is 0.167 e. The number of fused-ring (bicyclic) bond motifs is 6. The lowest BCUT2D eigenvalue weighted by Gasteiger charge is -2.13. The fourth-order valence-corrected chi connectivity index (χ4v) is 9.46. The third-order valence-corrected chi connectivity index (χ3v) is 12.3. The van der Waals surface area contributed by atoms with Crippen LogP contribution in [0.25, 0.3) is 104 Å². The quantitative estimate of drug-likeness (QED) is 0.183. The summed E-state index contributed by atoms with van der Waals surface area (Å²) in [6.45, 7) is 2.05. The molecule has 0 spiro atoms. The molecule has 0 radical (unpaired) electrons. The summed E-state index contributed by atoms with van der Waals surface area (Å²) in [6, 6.07) is 63.0. The second-order valence-electron chi connectivity index (χ2n) is 14.6. The van der Waals surface area contributed by atoms with Crippen LogP contribution in [0, 0.1) is 6.92 Å². The van der Waals surface area contributed by atoms with E-state index in [1.807, 2.05) is 66.7 Å². The normalized spacial score (nSPS) is 11.6. The van der Waals surface area contributed by atoms with Crippen molar-refractivity contribution < 1.29 is 5.11 Å². The first-order valence-electron chi connectivity index (χ1n) is 19.3. The summed E-state index contributed by atoms with van der Waals surface area (Å²) in [5.74, 6) is 1.65. The molecule has 5 nitrogen and oxygen atoms in total. The van der Waals surface area contributed by atoms with Gasteiger partial charge >= 0.3 is 0 Å². The van der Waals surface area contributed by atoms with Crippen molar-refractivity contribution in [2.75, 3.05) is 0 Å². The summed E-state index contributed by atoms with van der Waals surface area (Å²) >= 11 is 1.77. The van der Waals surface area contributed by atoms with E-state index in [9.17, 15) is 5.11 Å². The number of para-hydroxylation sites is 3. The topological polar surface area (TPSA) is 63.8 Å². The van der Waals surface area contributed by atoms with Crippen LogP contribution in [0.15, 0.2) is 182 Å². The first-order valence-corrected chi connectivity index (χ1v) is 20.2. The van der Waals surface area contributed by atoms with Gasteiger partial charge in [-0.05, 0) is 83.8 Å². The molecular weight excluding hydrogens is 729 g/mol. The minimum absolute atomic E-state index is 0.139. The summed E-state index contributed by atoms with van der Waals surface area (Å²) < 4.78 is 4.69. The minimum atomic E-state index is 0.139. The number of phenols is 1. The molecule has 0 fully saturated rings. The molecule has 0 aliphatic rings. The number of thiophene rings is 1. The van der Waals surface area contributed by atoms with Gasteiger partial charge in [-0.1, -0.05) is 127 Å². The molecule has 0 saturated heterocycles. The number of hydrogen-bond donors (Lipinski definition) is 1. The van der Waals surface area contributed by atoms with Crippen LogP contribution < -0.4 is 0 Å². The monoisotopic (exact) mass is 762 g/mol. The van der Waals surface area contributed by atoms with Gasteiger partial charge in [0.2, 0.25) is 0 Å². The fourth-order valence-electron chi connectivity index (χ4n) is 8.35. The molecule has 274 valence electrons. The van der Waals surface area contributed by atoms with E-state index in [-0.39, 0.29) is 5.75 Å². The van der Waals surface area contributed by atoms with E-state index in [2.05, 4.69) is 127 Å². The van der Waals surface area contributed by atoms with E-state index in [1.54, 1.807) is 11.3 Å². The number of nitrogens with zero attached hydrogens (tertiary/aromatic N) is 4. The van der Waals surface area contributed by atoms with Gasteiger partial charge in [0, 0.05) is 53.3 Å². The molecule has 0 unspecified atom stereocenters. The number of benzene rings is 8. The van der Waals surface area contributed by atoms with Gasteiger partial charge in [0.25, 0.3) is 0 Å². The first-order chi connectivity index (χ1) is 28.6. The van der Waals surface area contributed by atoms with Gasteiger partial charge in [-0.2, -0.15) is 0 Å². The van der Waals surface area contributed by atoms with Crippen LogP contribution in [0.3, 0.4) is 0 Å². The zero-order valence-electron chi connectivity index (χ0n) is 31.5. The standard InChI is InChI=1S/C52H34N4OS/c1-32-14-8-9-19-37(32)39-21-12-23-41(49(39)57)52-54-50(33-15-4-2-5-16-33)53-51(55-52)40-22-13-25-47-48(40)43-31-35(27-29-46(43)58-47)34-26-28-45-42(30-34)38-20-10-11-24-44(38)56(45)36-17-6-3-7-18-36/h2-31,57H,1H3. The number of aromatic hydroxyl groups is 1. The third-order valence-electron chi connectivity index (χ3n) is 11.1. The predicted octanol–water partition coefficient (Wildman–Crippen LogP) is 13.7. The van der Waals surface area contributed by atoms with Crippen molar-refractivity contribution in [3.05, 3.63) is 188 Å². The molecule has 58 heavy (non-hydrogen) atoms. The molecule has 1 N–H and O–H groups in total. The lowest BCUT2D eigenvalue weighted by molar-refractivity contribution is 0.479. The zero-order valence-corrected chi connectivity index (χ0v) is 32.3. The molecule has 3 heterocycles. The van der Waals surface area contributed by atoms with Crippen LogP contribution in [0.1, 0.15) is 5.56 Å². The molecule has 0 aliphatic heterocycles. The molecule has 6 heteroatoms. The van der Waals surface area contributed by atoms with Crippen molar-refractivity contribution in [2.45, 2.75) is 6.92 Å². The van der Waals surface area contributed by atoms with Crippen LogP contribution in [-0.4, -0.2) is 24.6 Å². The SMILES string of the molecule is Cc1ccccc1-c1cccc(-c2nc(-c3ccccc3)nc(-c3cccc4sc5ccc(-c6ccc7c(c6)c6ccccc6n7-c6ccccc6)cc5c34)n2)c1O. The molecule has 0 amide bonds. The Balaban J connectivity index is 1.09. The highest BCUT2D eigenvalue weighted by atomic mass is 32.1. The van der Waals surface area contributed by atoms with E-state index >= 15 is 0 Å². The van der Waals surface area contributed by atoms with Crippen molar-refractivity contribution in [3.63, 3.8) is 0 Å². The summed E-state index contributed by atoms with van der Waals surface area (Å²) in [4.78, 5) is 15.3. The lowest BCUT2D eigenvalue weighted by atomic mass is 9.97. The average molecular weight is 763 g/mol. The van der Waals surface area contributed by atoms with E-state index in [4.69, 9.17) is 15.0 Å². The highest BCUT2D eigenvalue weighted by molar-refractivity contribution is 7.26. The van der Waals surface area contributed by atoms with Gasteiger partial charge < -0.3 is 9.67 Å². The van der Waals surface area contributed by atoms with Gasteiger partial charge in [0.15, 0.2) is 17.5 Å². The number of rotatable bonds is 6. The van der Waals surface area contributed by atoms with Crippen molar-refractivity contribution in [1.82, 2.24) is 19.5 Å². The number of hydrogen-bond acceptors (Lipinski definition) is 5. The summed E-state index contributed by atoms with van der Waals surface area (Å²) in [5, 5.41) is 16.5. The largest absolute Gasteiger partial charge is 0.507 e. The Kier molecular flexibility index (Phi) is 7.98. The lowest BCUT2D eigenvalue weighted by Crippen LogP contribution is -2.01. The second kappa shape index (κ2) is 13.7. The first kappa shape index (κ1) is 33.9. The number of aromatic nitrogens is 4. The molecule has 0 atom stereocenters. The van der Waals surface area contributed by atoms with Crippen LogP contribution in [0.4, 0.5) is 0 Å². The van der Waals surface area contributed by atoms with Crippen LogP contribution in [0.5, 0.6) is 5.75 Å². The molecule has 0 saturated carbocycles. The Bertz CT molecular complexity index is 3370. The summed E-state index contributed by atoms with van der Waals surface area (Å²) in [7, 11) is 0. The van der Waals surface area contributed by atoms with E-state index in [0.717, 1.165) is 60.1 Å². The zero-order chi connectivity index (χ0) is 38.7. The Labute approximate surface area is 338 Å². The average Bonchev–Trinajstić information content (AvgIpc) is 3.82. The molecule has 3 aromatic heterocycles. The highest BCUT2D eigenvalue weighted by Gasteiger charge is 2.21. The molecule has 11 aromatic rings. The minimum Gasteiger partial charge on any atom is -0.507 e. The molecule has 11 rings (SSSR count). The molecule has 8 aromatic carbocycles. The van der Waals surface area contributed by atoms with Crippen LogP contribution in [0.2, 0.25) is 0 Å². The van der Waals surface area contributed by atoms with E-state index < -0.39 is 0 Å². The second-order valence-corrected chi connectivity index (χ2v) is 15.7. The Morgan fingerprint density at radius 1 is 0.431 bits per heavy atom. The number of aryl methyl sites for hydroxylation is 1. The van der Waals surface area contributed by atoms with E-state index in [0.29, 0.717) is 23.0 Å². The Morgan fingerprint density at radius 2 is 1.03 bits per heavy atom. The van der Waals surface area contributed by atoms with Crippen LogP contribution in [-0.2, 0) is 0 Å².